The predicted octanol–water partition coefficient (Wildman–Crippen LogP) is 6.73. The van der Waals surface area contributed by atoms with Crippen molar-refractivity contribution in [1.29, 1.82) is 0 Å². The number of carbonyl (C=O) groups excluding carboxylic acids is 2. The minimum absolute atomic E-state index is 0.0302. The van der Waals surface area contributed by atoms with E-state index in [0.29, 0.717) is 21.0 Å². The molecule has 1 saturated carbocycles. The summed E-state index contributed by atoms with van der Waals surface area (Å²) in [4.78, 5) is 28.8. The maximum absolute atomic E-state index is 14.2. The third-order valence-electron chi connectivity index (χ3n) is 7.74. The molecule has 0 aromatic heterocycles. The number of alkyl halides is 3. The first-order valence-electron chi connectivity index (χ1n) is 14.4. The van der Waals surface area contributed by atoms with E-state index in [9.17, 15) is 31.2 Å². The summed E-state index contributed by atoms with van der Waals surface area (Å²) in [5.41, 5.74) is -0.103. The molecule has 0 bridgehead atoms. The summed E-state index contributed by atoms with van der Waals surface area (Å²) in [7, 11) is -4.52. The van der Waals surface area contributed by atoms with Crippen LogP contribution in [0.25, 0.3) is 0 Å². The second-order valence-corrected chi connectivity index (χ2v) is 13.2. The smallest absolute Gasteiger partial charge is 0.352 e. The Morgan fingerprint density at radius 1 is 1.00 bits per heavy atom. The van der Waals surface area contributed by atoms with E-state index in [1.807, 2.05) is 0 Å². The number of halogens is 4. The number of aryl methyl sites for hydroxylation is 1. The lowest BCUT2D eigenvalue weighted by Crippen LogP contribution is -2.53. The molecule has 12 heteroatoms. The first-order valence-corrected chi connectivity index (χ1v) is 16.2. The molecule has 1 atom stereocenters. The van der Waals surface area contributed by atoms with E-state index in [4.69, 9.17) is 11.6 Å². The molecule has 7 nitrogen and oxygen atoms in total. The molecule has 0 unspecified atom stereocenters. The van der Waals surface area contributed by atoms with Gasteiger partial charge in [-0.15, -0.1) is 0 Å². The van der Waals surface area contributed by atoms with Crippen LogP contribution in [0.15, 0.2) is 77.7 Å². The Morgan fingerprint density at radius 2 is 1.66 bits per heavy atom. The Labute approximate surface area is 261 Å². The molecule has 2 amide bonds. The van der Waals surface area contributed by atoms with Crippen molar-refractivity contribution in [3.8, 4) is 0 Å². The summed E-state index contributed by atoms with van der Waals surface area (Å²) < 4.78 is 69.6. The van der Waals surface area contributed by atoms with Crippen molar-refractivity contribution in [2.45, 2.75) is 75.7 Å². The Bertz CT molecular complexity index is 1580. The van der Waals surface area contributed by atoms with Gasteiger partial charge in [-0.2, -0.15) is 13.2 Å². The van der Waals surface area contributed by atoms with Gasteiger partial charge in [0, 0.05) is 17.6 Å². The van der Waals surface area contributed by atoms with E-state index in [1.54, 1.807) is 50.2 Å². The molecule has 3 aromatic carbocycles. The van der Waals surface area contributed by atoms with Crippen LogP contribution in [0.1, 0.15) is 55.7 Å². The number of benzene rings is 3. The van der Waals surface area contributed by atoms with Crippen molar-refractivity contribution in [3.05, 3.63) is 94.5 Å². The molecule has 3 aromatic rings. The number of hydrogen-bond acceptors (Lipinski definition) is 4. The molecule has 1 N–H and O–H groups in total. The lowest BCUT2D eigenvalue weighted by Gasteiger charge is -2.34. The van der Waals surface area contributed by atoms with Gasteiger partial charge >= 0.3 is 6.18 Å². The van der Waals surface area contributed by atoms with Crippen LogP contribution in [0, 0.1) is 6.92 Å². The fourth-order valence-electron chi connectivity index (χ4n) is 5.30. The molecule has 236 valence electrons. The Kier molecular flexibility index (Phi) is 10.6. The van der Waals surface area contributed by atoms with Gasteiger partial charge in [0.25, 0.3) is 10.0 Å². The number of nitrogens with zero attached hydrogens (tertiary/aromatic N) is 2. The highest BCUT2D eigenvalue weighted by Crippen LogP contribution is 2.33. The summed E-state index contributed by atoms with van der Waals surface area (Å²) in [6.45, 7) is 2.53. The largest absolute Gasteiger partial charge is 0.416 e. The van der Waals surface area contributed by atoms with Gasteiger partial charge in [-0.25, -0.2) is 8.42 Å². The Hall–Kier alpha value is -3.57. The van der Waals surface area contributed by atoms with Gasteiger partial charge in [-0.05, 0) is 68.1 Å². The van der Waals surface area contributed by atoms with Gasteiger partial charge in [-0.1, -0.05) is 73.3 Å². The van der Waals surface area contributed by atoms with E-state index in [0.717, 1.165) is 43.4 Å². The first-order chi connectivity index (χ1) is 20.8. The molecule has 1 aliphatic carbocycles. The van der Waals surface area contributed by atoms with E-state index in [1.165, 1.54) is 23.1 Å². The molecule has 0 spiro atoms. The van der Waals surface area contributed by atoms with E-state index in [-0.39, 0.29) is 35.5 Å². The maximum Gasteiger partial charge on any atom is 0.416 e. The van der Waals surface area contributed by atoms with Gasteiger partial charge in [0.15, 0.2) is 0 Å². The second-order valence-electron chi connectivity index (χ2n) is 10.9. The number of nitrogens with one attached hydrogen (secondary N) is 1. The maximum atomic E-state index is 14.2. The van der Waals surface area contributed by atoms with Crippen LogP contribution in [-0.4, -0.2) is 43.8 Å². The van der Waals surface area contributed by atoms with Crippen LogP contribution < -0.4 is 9.62 Å². The van der Waals surface area contributed by atoms with Crippen LogP contribution in [0.2, 0.25) is 5.02 Å². The average molecular weight is 650 g/mol. The zero-order valence-corrected chi connectivity index (χ0v) is 26.1. The second kappa shape index (κ2) is 14.0. The van der Waals surface area contributed by atoms with Gasteiger partial charge in [0.1, 0.15) is 12.6 Å². The summed E-state index contributed by atoms with van der Waals surface area (Å²) in [5, 5.41) is 3.36. The number of hydrogen-bond donors (Lipinski definition) is 1. The molecule has 4 rings (SSSR count). The zero-order chi connectivity index (χ0) is 32.1. The molecule has 1 aliphatic rings. The van der Waals surface area contributed by atoms with E-state index < -0.39 is 40.3 Å². The first kappa shape index (κ1) is 33.3. The molecule has 0 heterocycles. The summed E-state index contributed by atoms with van der Waals surface area (Å²) in [5.74, 6) is -1.15. The van der Waals surface area contributed by atoms with Crippen LogP contribution in [-0.2, 0) is 32.3 Å². The van der Waals surface area contributed by atoms with Crippen molar-refractivity contribution in [2.75, 3.05) is 10.8 Å². The summed E-state index contributed by atoms with van der Waals surface area (Å²) in [6, 6.07) is 15.4. The van der Waals surface area contributed by atoms with Crippen LogP contribution in [0.4, 0.5) is 18.9 Å². The molecule has 0 saturated heterocycles. The van der Waals surface area contributed by atoms with Crippen LogP contribution >= 0.6 is 11.6 Å². The topological polar surface area (TPSA) is 86.8 Å². The normalized spacial score (nSPS) is 14.7. The number of rotatable bonds is 11. The molecule has 1 fully saturated rings. The van der Waals surface area contributed by atoms with Gasteiger partial charge in [0.05, 0.1) is 16.1 Å². The average Bonchev–Trinajstić information content (AvgIpc) is 3.49. The Balaban J connectivity index is 1.77. The highest BCUT2D eigenvalue weighted by molar-refractivity contribution is 7.92. The lowest BCUT2D eigenvalue weighted by atomic mass is 10.1. The van der Waals surface area contributed by atoms with Crippen molar-refractivity contribution < 1.29 is 31.2 Å². The SMILES string of the molecule is CC[C@H](C(=O)NC1CCCC1)N(Cc1ccccc1Cl)C(=O)CN(c1cccc(C(F)(F)F)c1)S(=O)(=O)c1ccc(C)cc1. The monoisotopic (exact) mass is 649 g/mol. The molecule has 0 aliphatic heterocycles. The molecular formula is C32H35ClF3N3O4S. The molecule has 0 radical (unpaired) electrons. The lowest BCUT2D eigenvalue weighted by molar-refractivity contribution is -0.140. The summed E-state index contributed by atoms with van der Waals surface area (Å²) in [6.07, 6.45) is -0.943. The fraction of sp³-hybridized carbons (Fsp3) is 0.375. The third-order valence-corrected chi connectivity index (χ3v) is 9.89. The zero-order valence-electron chi connectivity index (χ0n) is 24.5. The predicted molar refractivity (Wildman–Crippen MR) is 164 cm³/mol. The van der Waals surface area contributed by atoms with E-state index >= 15 is 0 Å². The number of amides is 2. The van der Waals surface area contributed by atoms with Crippen molar-refractivity contribution in [2.24, 2.45) is 0 Å². The van der Waals surface area contributed by atoms with Gasteiger partial charge in [0.2, 0.25) is 11.8 Å². The highest BCUT2D eigenvalue weighted by atomic mass is 35.5. The quantitative estimate of drug-likeness (QED) is 0.250. The van der Waals surface area contributed by atoms with Gasteiger partial charge < -0.3 is 10.2 Å². The molecular weight excluding hydrogens is 615 g/mol. The van der Waals surface area contributed by atoms with Gasteiger partial charge in [-0.3, -0.25) is 13.9 Å². The standard InChI is InChI=1S/C32H35ClF3N3O4S/c1-3-29(31(41)37-25-11-5-6-12-25)38(20-23-9-4-7-14-28(23)33)30(40)21-39(26-13-8-10-24(19-26)32(34,35)36)44(42,43)27-17-15-22(2)16-18-27/h4,7-10,13-19,25,29H,3,5-6,11-12,20-21H2,1-2H3,(H,37,41)/t29-/m1/s1. The molecule has 44 heavy (non-hydrogen) atoms. The Morgan fingerprint density at radius 3 is 2.27 bits per heavy atom. The minimum atomic E-state index is -4.75. The van der Waals surface area contributed by atoms with Crippen molar-refractivity contribution in [3.63, 3.8) is 0 Å². The van der Waals surface area contributed by atoms with Crippen molar-refractivity contribution in [1.82, 2.24) is 10.2 Å². The summed E-state index contributed by atoms with van der Waals surface area (Å²) >= 11 is 6.41. The number of carbonyl (C=O) groups is 2. The van der Waals surface area contributed by atoms with Crippen LogP contribution in [0.3, 0.4) is 0 Å². The fourth-order valence-corrected chi connectivity index (χ4v) is 6.90. The minimum Gasteiger partial charge on any atom is -0.352 e. The van der Waals surface area contributed by atoms with E-state index in [2.05, 4.69) is 5.32 Å². The highest BCUT2D eigenvalue weighted by Gasteiger charge is 2.36. The van der Waals surface area contributed by atoms with Crippen LogP contribution in [0.5, 0.6) is 0 Å². The third kappa shape index (κ3) is 7.92. The number of sulfonamides is 1. The van der Waals surface area contributed by atoms with Crippen molar-refractivity contribution >= 4 is 39.1 Å². The number of anilines is 1.